The molecule has 0 bridgehead atoms. The van der Waals surface area contributed by atoms with Crippen LogP contribution >= 0.6 is 11.6 Å². The highest BCUT2D eigenvalue weighted by Crippen LogP contribution is 1.91. The van der Waals surface area contributed by atoms with Gasteiger partial charge in [0, 0.05) is 7.05 Å². The topological polar surface area (TPSA) is 88.0 Å². The van der Waals surface area contributed by atoms with Gasteiger partial charge in [0.05, 0.1) is 6.21 Å². The third kappa shape index (κ3) is 4.51. The van der Waals surface area contributed by atoms with Crippen molar-refractivity contribution in [1.29, 1.82) is 0 Å². The lowest BCUT2D eigenvalue weighted by atomic mass is 10.5. The molecule has 0 fully saturated rings. The Hall–Kier alpha value is -1.30. The molecule has 0 saturated heterocycles. The third-order valence-electron chi connectivity index (χ3n) is 0.767. The number of carbonyl (C=O) groups excluding carboxylic acids is 1. The van der Waals surface area contributed by atoms with Gasteiger partial charge in [-0.15, -0.1) is 11.6 Å². The number of nitrogens with one attached hydrogen (secondary N) is 1. The Kier molecular flexibility index (Phi) is 4.78. The van der Waals surface area contributed by atoms with Gasteiger partial charge < -0.3 is 10.4 Å². The summed E-state index contributed by atoms with van der Waals surface area (Å²) < 4.78 is 0. The van der Waals surface area contributed by atoms with Crippen molar-refractivity contribution in [3.05, 3.63) is 0 Å². The van der Waals surface area contributed by atoms with E-state index >= 15 is 0 Å². The van der Waals surface area contributed by atoms with Gasteiger partial charge in [-0.3, -0.25) is 9.63 Å². The number of carbonyl (C=O) groups is 2. The quantitative estimate of drug-likeness (QED) is 0.287. The molecular formula is C5H7ClN2O4. The Labute approximate surface area is 73.1 Å². The van der Waals surface area contributed by atoms with E-state index in [-0.39, 0.29) is 0 Å². The zero-order valence-electron chi connectivity index (χ0n) is 6.15. The molecule has 1 atom stereocenters. The molecule has 68 valence electrons. The number of hydrogen-bond acceptors (Lipinski definition) is 4. The molecule has 12 heavy (non-hydrogen) atoms. The van der Waals surface area contributed by atoms with Crippen LogP contribution in [0, 0.1) is 0 Å². The molecule has 0 saturated carbocycles. The molecule has 0 aliphatic carbocycles. The van der Waals surface area contributed by atoms with E-state index in [0.29, 0.717) is 0 Å². The fourth-order valence-corrected chi connectivity index (χ4v) is 0.287. The zero-order valence-corrected chi connectivity index (χ0v) is 6.91. The van der Waals surface area contributed by atoms with E-state index < -0.39 is 17.4 Å². The minimum atomic E-state index is -1.30. The van der Waals surface area contributed by atoms with Gasteiger partial charge in [-0.1, -0.05) is 5.16 Å². The van der Waals surface area contributed by atoms with Crippen molar-refractivity contribution in [3.8, 4) is 0 Å². The fourth-order valence-electron chi connectivity index (χ4n) is 0.241. The van der Waals surface area contributed by atoms with E-state index in [1.165, 1.54) is 7.05 Å². The van der Waals surface area contributed by atoms with Crippen molar-refractivity contribution in [2.45, 2.75) is 5.38 Å². The van der Waals surface area contributed by atoms with Crippen molar-refractivity contribution >= 4 is 29.9 Å². The minimum absolute atomic E-state index is 0.791. The largest absolute Gasteiger partial charge is 0.480 e. The van der Waals surface area contributed by atoms with Crippen molar-refractivity contribution in [2.75, 3.05) is 7.05 Å². The maximum absolute atomic E-state index is 10.3. The first-order valence-corrected chi connectivity index (χ1v) is 3.30. The first-order valence-electron chi connectivity index (χ1n) is 2.87. The fraction of sp³-hybridized carbons (Fsp3) is 0.400. The van der Waals surface area contributed by atoms with Crippen molar-refractivity contribution in [2.24, 2.45) is 5.16 Å². The molecular weight excluding hydrogens is 188 g/mol. The number of nitrogens with zero attached hydrogens (tertiary/aromatic N) is 1. The molecule has 1 unspecified atom stereocenters. The van der Waals surface area contributed by atoms with E-state index in [1.54, 1.807) is 0 Å². The Balaban J connectivity index is 3.76. The predicted octanol–water partition coefficient (Wildman–Crippen LogP) is 0.0202. The SMILES string of the molecule is CNC(=O)ON=CC(Cl)C(=O)O. The van der Waals surface area contributed by atoms with Crippen LogP contribution in [-0.4, -0.2) is 35.8 Å². The summed E-state index contributed by atoms with van der Waals surface area (Å²) in [6.45, 7) is 0. The first kappa shape index (κ1) is 10.7. The van der Waals surface area contributed by atoms with Gasteiger partial charge in [0.15, 0.2) is 5.38 Å². The smallest absolute Gasteiger partial charge is 0.433 e. The number of aliphatic carboxylic acids is 1. The van der Waals surface area contributed by atoms with Crippen molar-refractivity contribution in [1.82, 2.24) is 5.32 Å². The van der Waals surface area contributed by atoms with Crippen molar-refractivity contribution < 1.29 is 19.5 Å². The first-order chi connectivity index (χ1) is 5.57. The van der Waals surface area contributed by atoms with Gasteiger partial charge in [0.1, 0.15) is 0 Å². The van der Waals surface area contributed by atoms with Gasteiger partial charge in [0.2, 0.25) is 0 Å². The average molecular weight is 195 g/mol. The molecule has 6 nitrogen and oxygen atoms in total. The Morgan fingerprint density at radius 1 is 1.75 bits per heavy atom. The van der Waals surface area contributed by atoms with E-state index in [2.05, 4.69) is 15.3 Å². The molecule has 0 aromatic carbocycles. The van der Waals surface area contributed by atoms with E-state index in [4.69, 9.17) is 16.7 Å². The molecule has 0 rings (SSSR count). The summed E-state index contributed by atoms with van der Waals surface area (Å²) in [4.78, 5) is 24.5. The molecule has 0 heterocycles. The van der Waals surface area contributed by atoms with Crippen LogP contribution in [0.15, 0.2) is 5.16 Å². The second kappa shape index (κ2) is 5.36. The van der Waals surface area contributed by atoms with Crippen LogP contribution in [0.2, 0.25) is 0 Å². The Morgan fingerprint density at radius 3 is 2.75 bits per heavy atom. The van der Waals surface area contributed by atoms with Crippen molar-refractivity contribution in [3.63, 3.8) is 0 Å². The van der Waals surface area contributed by atoms with Crippen LogP contribution in [0.25, 0.3) is 0 Å². The summed E-state index contributed by atoms with van der Waals surface area (Å²) in [5, 5.41) is 12.0. The summed E-state index contributed by atoms with van der Waals surface area (Å²) >= 11 is 5.18. The second-order valence-corrected chi connectivity index (χ2v) is 2.09. The number of alkyl halides is 1. The van der Waals surface area contributed by atoms with Gasteiger partial charge in [-0.2, -0.15) is 0 Å². The van der Waals surface area contributed by atoms with Crippen LogP contribution in [0.1, 0.15) is 0 Å². The zero-order chi connectivity index (χ0) is 9.56. The van der Waals surface area contributed by atoms with Crippen LogP contribution in [0.4, 0.5) is 4.79 Å². The molecule has 2 N–H and O–H groups in total. The summed E-state index contributed by atoms with van der Waals surface area (Å²) in [6, 6.07) is 0. The number of rotatable bonds is 3. The lowest BCUT2D eigenvalue weighted by molar-refractivity contribution is -0.135. The lowest BCUT2D eigenvalue weighted by Crippen LogP contribution is -2.18. The molecule has 0 aromatic rings. The Morgan fingerprint density at radius 2 is 2.33 bits per heavy atom. The average Bonchev–Trinajstić information content (AvgIpc) is 2.03. The summed E-state index contributed by atoms with van der Waals surface area (Å²) in [6.07, 6.45) is -0.000396. The predicted molar refractivity (Wildman–Crippen MR) is 41.3 cm³/mol. The summed E-state index contributed by atoms with van der Waals surface area (Å²) in [5.74, 6) is -1.26. The number of halogens is 1. The number of hydrogen-bond donors (Lipinski definition) is 2. The highest BCUT2D eigenvalue weighted by atomic mass is 35.5. The van der Waals surface area contributed by atoms with E-state index in [0.717, 1.165) is 6.21 Å². The van der Waals surface area contributed by atoms with Gasteiger partial charge >= 0.3 is 12.1 Å². The molecule has 0 aliphatic heterocycles. The summed E-state index contributed by atoms with van der Waals surface area (Å²) in [7, 11) is 1.34. The molecule has 0 aromatic heterocycles. The highest BCUT2D eigenvalue weighted by Gasteiger charge is 2.09. The number of carboxylic acids is 1. The van der Waals surface area contributed by atoms with Crippen LogP contribution < -0.4 is 5.32 Å². The number of carboxylic acid groups (broad SMARTS) is 1. The molecule has 0 aliphatic rings. The number of amides is 1. The Bertz CT molecular complexity index is 206. The molecule has 7 heteroatoms. The highest BCUT2D eigenvalue weighted by molar-refractivity contribution is 6.37. The van der Waals surface area contributed by atoms with Crippen LogP contribution in [0.5, 0.6) is 0 Å². The molecule has 0 radical (unpaired) electrons. The standard InChI is InChI=1S/C5H7ClN2O4/c1-7-5(11)12-8-2-3(6)4(9)10/h2-3H,1H3,(H,7,11)(H,9,10). The second-order valence-electron chi connectivity index (χ2n) is 1.62. The maximum atomic E-state index is 10.3. The van der Waals surface area contributed by atoms with Crippen LogP contribution in [-0.2, 0) is 9.63 Å². The van der Waals surface area contributed by atoms with E-state index in [1.807, 2.05) is 0 Å². The number of oxime groups is 1. The van der Waals surface area contributed by atoms with Gasteiger partial charge in [-0.05, 0) is 0 Å². The molecule has 1 amide bonds. The molecule has 0 spiro atoms. The monoisotopic (exact) mass is 194 g/mol. The van der Waals surface area contributed by atoms with Crippen LogP contribution in [0.3, 0.4) is 0 Å². The normalized spacial score (nSPS) is 12.5. The maximum Gasteiger partial charge on any atom is 0.433 e. The van der Waals surface area contributed by atoms with Gasteiger partial charge in [0.25, 0.3) is 0 Å². The minimum Gasteiger partial charge on any atom is -0.480 e. The summed E-state index contributed by atoms with van der Waals surface area (Å²) in [5.41, 5.74) is 0. The third-order valence-corrected chi connectivity index (χ3v) is 1.07. The van der Waals surface area contributed by atoms with Gasteiger partial charge in [-0.25, -0.2) is 4.79 Å². The lowest BCUT2D eigenvalue weighted by Gasteiger charge is -1.95. The van der Waals surface area contributed by atoms with E-state index in [9.17, 15) is 9.59 Å².